The van der Waals surface area contributed by atoms with Gasteiger partial charge in [0, 0.05) is 12.7 Å². The van der Waals surface area contributed by atoms with Gasteiger partial charge in [0.05, 0.1) is 6.54 Å². The summed E-state index contributed by atoms with van der Waals surface area (Å²) in [5.74, 6) is 0.214. The molecule has 0 bridgehead atoms. The maximum absolute atomic E-state index is 12.4. The van der Waals surface area contributed by atoms with Crippen molar-refractivity contribution in [2.24, 2.45) is 0 Å². The van der Waals surface area contributed by atoms with E-state index in [0.29, 0.717) is 5.75 Å². The van der Waals surface area contributed by atoms with Crippen molar-refractivity contribution < 1.29 is 22.7 Å². The maximum atomic E-state index is 12.4. The van der Waals surface area contributed by atoms with Gasteiger partial charge in [-0.3, -0.25) is 9.48 Å². The first kappa shape index (κ1) is 15.9. The molecule has 118 valence electrons. The third-order valence-electron chi connectivity index (χ3n) is 2.71. The van der Waals surface area contributed by atoms with Gasteiger partial charge in [-0.15, -0.1) is 0 Å². The number of aromatic nitrogens is 2. The number of carbonyl (C=O) groups is 1. The lowest BCUT2D eigenvalue weighted by Gasteiger charge is -2.07. The number of benzene rings is 1. The third kappa shape index (κ3) is 4.80. The standard InChI is InChI=1S/C14H14F3N3O2/c15-14(16,17)12-6-8-20(19-12)9-7-18-13(21)10-22-11-4-2-1-3-5-11/h1-6,8H,7,9-10H2,(H,18,21). The van der Waals surface area contributed by atoms with Crippen molar-refractivity contribution in [3.8, 4) is 5.75 Å². The van der Waals surface area contributed by atoms with Crippen LogP contribution in [-0.4, -0.2) is 28.8 Å². The minimum atomic E-state index is -4.46. The van der Waals surface area contributed by atoms with Crippen molar-refractivity contribution in [1.29, 1.82) is 0 Å². The Morgan fingerprint density at radius 2 is 1.95 bits per heavy atom. The van der Waals surface area contributed by atoms with Crippen molar-refractivity contribution in [2.75, 3.05) is 13.2 Å². The molecule has 5 nitrogen and oxygen atoms in total. The lowest BCUT2D eigenvalue weighted by molar-refractivity contribution is -0.141. The summed E-state index contributed by atoms with van der Waals surface area (Å²) in [6.45, 7) is 0.153. The Morgan fingerprint density at radius 1 is 1.23 bits per heavy atom. The summed E-state index contributed by atoms with van der Waals surface area (Å²) in [6.07, 6.45) is -3.24. The molecule has 8 heteroatoms. The molecular formula is C14H14F3N3O2. The molecule has 0 saturated carbocycles. The predicted molar refractivity (Wildman–Crippen MR) is 72.2 cm³/mol. The lowest BCUT2D eigenvalue weighted by atomic mass is 10.3. The van der Waals surface area contributed by atoms with Gasteiger partial charge in [0.15, 0.2) is 12.3 Å². The quantitative estimate of drug-likeness (QED) is 0.888. The molecule has 0 aliphatic heterocycles. The van der Waals surface area contributed by atoms with Crippen LogP contribution in [0.4, 0.5) is 13.2 Å². The monoisotopic (exact) mass is 313 g/mol. The van der Waals surface area contributed by atoms with E-state index in [9.17, 15) is 18.0 Å². The fraction of sp³-hybridized carbons (Fsp3) is 0.286. The number of hydrogen-bond acceptors (Lipinski definition) is 3. The van der Waals surface area contributed by atoms with Crippen LogP contribution in [0.25, 0.3) is 0 Å². The number of ether oxygens (including phenoxy) is 1. The van der Waals surface area contributed by atoms with Gasteiger partial charge in [-0.2, -0.15) is 18.3 Å². The van der Waals surface area contributed by atoms with E-state index in [1.807, 2.05) is 6.07 Å². The summed E-state index contributed by atoms with van der Waals surface area (Å²) in [7, 11) is 0. The molecular weight excluding hydrogens is 299 g/mol. The second kappa shape index (κ2) is 6.97. The van der Waals surface area contributed by atoms with E-state index in [1.54, 1.807) is 24.3 Å². The summed E-state index contributed by atoms with van der Waals surface area (Å²) in [6, 6.07) is 9.71. The number of rotatable bonds is 6. The smallest absolute Gasteiger partial charge is 0.435 e. The molecule has 1 aromatic carbocycles. The number of nitrogens with zero attached hydrogens (tertiary/aromatic N) is 2. The van der Waals surface area contributed by atoms with Crippen LogP contribution >= 0.6 is 0 Å². The molecule has 0 fully saturated rings. The molecule has 0 atom stereocenters. The van der Waals surface area contributed by atoms with Crippen LogP contribution in [0.3, 0.4) is 0 Å². The molecule has 0 aliphatic rings. The van der Waals surface area contributed by atoms with Crippen LogP contribution in [0.2, 0.25) is 0 Å². The Hall–Kier alpha value is -2.51. The van der Waals surface area contributed by atoms with E-state index >= 15 is 0 Å². The molecule has 0 spiro atoms. The number of alkyl halides is 3. The van der Waals surface area contributed by atoms with E-state index in [-0.39, 0.29) is 25.6 Å². The molecule has 0 aliphatic carbocycles. The molecule has 2 aromatic rings. The van der Waals surface area contributed by atoms with Crippen LogP contribution in [0.1, 0.15) is 5.69 Å². The molecule has 1 heterocycles. The average molecular weight is 313 g/mol. The number of hydrogen-bond donors (Lipinski definition) is 1. The first-order valence-corrected chi connectivity index (χ1v) is 6.50. The summed E-state index contributed by atoms with van der Waals surface area (Å²) >= 11 is 0. The molecule has 0 saturated heterocycles. The minimum absolute atomic E-state index is 0.146. The van der Waals surface area contributed by atoms with Crippen LogP contribution in [-0.2, 0) is 17.5 Å². The zero-order valence-corrected chi connectivity index (χ0v) is 11.5. The largest absolute Gasteiger partial charge is 0.484 e. The van der Waals surface area contributed by atoms with Crippen molar-refractivity contribution >= 4 is 5.91 Å². The van der Waals surface area contributed by atoms with Gasteiger partial charge in [0.1, 0.15) is 5.75 Å². The molecule has 1 aromatic heterocycles. The number of nitrogens with one attached hydrogen (secondary N) is 1. The van der Waals surface area contributed by atoms with E-state index < -0.39 is 11.9 Å². The van der Waals surface area contributed by atoms with Crippen molar-refractivity contribution in [1.82, 2.24) is 15.1 Å². The van der Waals surface area contributed by atoms with E-state index in [4.69, 9.17) is 4.74 Å². The highest BCUT2D eigenvalue weighted by atomic mass is 19.4. The first-order chi connectivity index (χ1) is 10.4. The van der Waals surface area contributed by atoms with Gasteiger partial charge in [0.2, 0.25) is 0 Å². The van der Waals surface area contributed by atoms with E-state index in [0.717, 1.165) is 10.7 Å². The van der Waals surface area contributed by atoms with Crippen LogP contribution in [0, 0.1) is 0 Å². The first-order valence-electron chi connectivity index (χ1n) is 6.50. The summed E-state index contributed by atoms with van der Waals surface area (Å²) in [4.78, 5) is 11.5. The lowest BCUT2D eigenvalue weighted by Crippen LogP contribution is -2.31. The summed E-state index contributed by atoms with van der Waals surface area (Å²) in [5, 5.41) is 5.92. The highest BCUT2D eigenvalue weighted by Crippen LogP contribution is 2.27. The Kier molecular flexibility index (Phi) is 5.03. The number of amides is 1. The highest BCUT2D eigenvalue weighted by molar-refractivity contribution is 5.77. The van der Waals surface area contributed by atoms with Gasteiger partial charge in [0.25, 0.3) is 5.91 Å². The second-order valence-corrected chi connectivity index (χ2v) is 4.41. The summed E-state index contributed by atoms with van der Waals surface area (Å²) in [5.41, 5.74) is -0.953. The second-order valence-electron chi connectivity index (χ2n) is 4.41. The van der Waals surface area contributed by atoms with Crippen LogP contribution in [0.15, 0.2) is 42.6 Å². The zero-order chi connectivity index (χ0) is 16.0. The molecule has 0 unspecified atom stereocenters. The zero-order valence-electron chi connectivity index (χ0n) is 11.5. The predicted octanol–water partition coefficient (Wildman–Crippen LogP) is 2.10. The minimum Gasteiger partial charge on any atom is -0.484 e. The molecule has 1 amide bonds. The van der Waals surface area contributed by atoms with Gasteiger partial charge < -0.3 is 10.1 Å². The van der Waals surface area contributed by atoms with E-state index in [1.165, 1.54) is 6.20 Å². The van der Waals surface area contributed by atoms with Gasteiger partial charge in [-0.25, -0.2) is 0 Å². The Labute approximate surface area is 124 Å². The number of para-hydroxylation sites is 1. The normalized spacial score (nSPS) is 11.2. The summed E-state index contributed by atoms with van der Waals surface area (Å²) < 4.78 is 43.4. The Morgan fingerprint density at radius 3 is 2.59 bits per heavy atom. The maximum Gasteiger partial charge on any atom is 0.435 e. The molecule has 0 radical (unpaired) electrons. The van der Waals surface area contributed by atoms with Crippen LogP contribution < -0.4 is 10.1 Å². The van der Waals surface area contributed by atoms with Crippen LogP contribution in [0.5, 0.6) is 5.75 Å². The van der Waals surface area contributed by atoms with Crippen molar-refractivity contribution in [3.05, 3.63) is 48.3 Å². The van der Waals surface area contributed by atoms with Crippen molar-refractivity contribution in [2.45, 2.75) is 12.7 Å². The fourth-order valence-corrected chi connectivity index (χ4v) is 1.66. The third-order valence-corrected chi connectivity index (χ3v) is 2.71. The fourth-order valence-electron chi connectivity index (χ4n) is 1.66. The highest BCUT2D eigenvalue weighted by Gasteiger charge is 2.33. The van der Waals surface area contributed by atoms with E-state index in [2.05, 4.69) is 10.4 Å². The number of halogens is 3. The van der Waals surface area contributed by atoms with Crippen molar-refractivity contribution in [3.63, 3.8) is 0 Å². The SMILES string of the molecule is O=C(COc1ccccc1)NCCn1ccc(C(F)(F)F)n1. The molecule has 2 rings (SSSR count). The Balaban J connectivity index is 1.70. The number of carbonyl (C=O) groups excluding carboxylic acids is 1. The Bertz CT molecular complexity index is 611. The molecule has 22 heavy (non-hydrogen) atoms. The van der Waals surface area contributed by atoms with Gasteiger partial charge >= 0.3 is 6.18 Å². The molecule has 1 N–H and O–H groups in total. The van der Waals surface area contributed by atoms with Gasteiger partial charge in [-0.1, -0.05) is 18.2 Å². The van der Waals surface area contributed by atoms with Gasteiger partial charge in [-0.05, 0) is 18.2 Å². The topological polar surface area (TPSA) is 56.1 Å². The average Bonchev–Trinajstić information content (AvgIpc) is 2.95.